The Morgan fingerprint density at radius 2 is 1.88 bits per heavy atom. The SMILES string of the molecule is COC(=O)C1=C(C)Nc2nc(SCc3ccccc3F)[nH]c(=O)c2C1c1ccccc1OC. The van der Waals surface area contributed by atoms with Gasteiger partial charge in [-0.15, -0.1) is 0 Å². The average molecular weight is 468 g/mol. The molecule has 2 aromatic carbocycles. The van der Waals surface area contributed by atoms with Crippen LogP contribution in [0.25, 0.3) is 0 Å². The van der Waals surface area contributed by atoms with Gasteiger partial charge in [-0.25, -0.2) is 14.2 Å². The van der Waals surface area contributed by atoms with Crippen LogP contribution in [-0.2, 0) is 15.3 Å². The molecule has 1 unspecified atom stereocenters. The zero-order valence-electron chi connectivity index (χ0n) is 18.3. The Bertz CT molecular complexity index is 1300. The number of anilines is 1. The summed E-state index contributed by atoms with van der Waals surface area (Å²) in [6.07, 6.45) is 0. The molecular formula is C24H22FN3O4S. The standard InChI is InChI=1S/C24H22FN3O4S/c1-13-18(23(30)32-3)19(15-9-5-7-11-17(15)31-2)20-21(26-13)27-24(28-22(20)29)33-12-14-8-4-6-10-16(14)25/h4-11,19H,12H2,1-3H3,(H2,26,27,28,29). The van der Waals surface area contributed by atoms with E-state index in [1.54, 1.807) is 37.3 Å². The van der Waals surface area contributed by atoms with Gasteiger partial charge in [0.05, 0.1) is 31.3 Å². The Hall–Kier alpha value is -3.59. The highest BCUT2D eigenvalue weighted by Crippen LogP contribution is 2.43. The molecule has 33 heavy (non-hydrogen) atoms. The lowest BCUT2D eigenvalue weighted by Gasteiger charge is -2.29. The minimum atomic E-state index is -0.744. The number of methoxy groups -OCH3 is 2. The van der Waals surface area contributed by atoms with Gasteiger partial charge in [-0.2, -0.15) is 0 Å². The lowest BCUT2D eigenvalue weighted by Crippen LogP contribution is -2.31. The van der Waals surface area contributed by atoms with Gasteiger partial charge in [0.2, 0.25) is 0 Å². The number of aromatic amines is 1. The molecule has 1 aromatic heterocycles. The quantitative estimate of drug-likeness (QED) is 0.319. The first kappa shape index (κ1) is 22.6. The van der Waals surface area contributed by atoms with E-state index in [0.717, 1.165) is 0 Å². The van der Waals surface area contributed by atoms with Crippen LogP contribution in [0.15, 0.2) is 69.8 Å². The summed E-state index contributed by atoms with van der Waals surface area (Å²) in [7, 11) is 2.82. The number of H-pyrrole nitrogens is 1. The third kappa shape index (κ3) is 4.36. The van der Waals surface area contributed by atoms with Gasteiger partial charge in [0.15, 0.2) is 5.16 Å². The largest absolute Gasteiger partial charge is 0.496 e. The van der Waals surface area contributed by atoms with Crippen molar-refractivity contribution in [1.29, 1.82) is 0 Å². The predicted octanol–water partition coefficient (Wildman–Crippen LogP) is 4.21. The summed E-state index contributed by atoms with van der Waals surface area (Å²) >= 11 is 1.21. The Morgan fingerprint density at radius 1 is 1.15 bits per heavy atom. The summed E-state index contributed by atoms with van der Waals surface area (Å²) in [6.45, 7) is 1.73. The molecule has 1 aliphatic heterocycles. The number of benzene rings is 2. The highest BCUT2D eigenvalue weighted by atomic mass is 32.2. The highest BCUT2D eigenvalue weighted by Gasteiger charge is 2.37. The van der Waals surface area contributed by atoms with E-state index < -0.39 is 17.4 Å². The van der Waals surface area contributed by atoms with Crippen molar-refractivity contribution >= 4 is 23.5 Å². The van der Waals surface area contributed by atoms with Crippen molar-refractivity contribution < 1.29 is 18.7 Å². The summed E-state index contributed by atoms with van der Waals surface area (Å²) in [5.41, 5.74) is 1.84. The van der Waals surface area contributed by atoms with Crippen LogP contribution in [0.3, 0.4) is 0 Å². The van der Waals surface area contributed by atoms with Crippen molar-refractivity contribution in [2.45, 2.75) is 23.8 Å². The zero-order valence-corrected chi connectivity index (χ0v) is 19.1. The molecule has 2 heterocycles. The molecule has 0 radical (unpaired) electrons. The van der Waals surface area contributed by atoms with Crippen LogP contribution in [0.1, 0.15) is 29.5 Å². The normalized spacial score (nSPS) is 15.0. The minimum absolute atomic E-state index is 0.278. The number of rotatable bonds is 6. The number of hydrogen-bond acceptors (Lipinski definition) is 7. The van der Waals surface area contributed by atoms with Crippen molar-refractivity contribution in [2.75, 3.05) is 19.5 Å². The van der Waals surface area contributed by atoms with Crippen LogP contribution in [0, 0.1) is 5.82 Å². The first-order valence-corrected chi connectivity index (χ1v) is 11.1. The van der Waals surface area contributed by atoms with Crippen molar-refractivity contribution in [3.63, 3.8) is 0 Å². The van der Waals surface area contributed by atoms with E-state index in [1.165, 1.54) is 32.0 Å². The number of aromatic nitrogens is 2. The highest BCUT2D eigenvalue weighted by molar-refractivity contribution is 7.98. The molecule has 0 amide bonds. The summed E-state index contributed by atoms with van der Waals surface area (Å²) in [6, 6.07) is 13.6. The second-order valence-corrected chi connectivity index (χ2v) is 8.31. The van der Waals surface area contributed by atoms with Crippen LogP contribution in [0.5, 0.6) is 5.75 Å². The lowest BCUT2D eigenvalue weighted by atomic mass is 9.82. The maximum Gasteiger partial charge on any atom is 0.336 e. The molecule has 0 bridgehead atoms. The number of nitrogens with one attached hydrogen (secondary N) is 2. The van der Waals surface area contributed by atoms with Crippen LogP contribution in [-0.4, -0.2) is 30.2 Å². The Labute approximate surface area is 194 Å². The Balaban J connectivity index is 1.80. The first-order valence-electron chi connectivity index (χ1n) is 10.1. The molecule has 0 aliphatic carbocycles. The van der Waals surface area contributed by atoms with E-state index in [1.807, 2.05) is 12.1 Å². The number of halogens is 1. The monoisotopic (exact) mass is 467 g/mol. The fraction of sp³-hybridized carbons (Fsp3) is 0.208. The van der Waals surface area contributed by atoms with Gasteiger partial charge in [0, 0.05) is 17.0 Å². The number of hydrogen-bond donors (Lipinski definition) is 2. The smallest absolute Gasteiger partial charge is 0.336 e. The van der Waals surface area contributed by atoms with Crippen LogP contribution < -0.4 is 15.6 Å². The van der Waals surface area contributed by atoms with E-state index in [0.29, 0.717) is 44.9 Å². The fourth-order valence-electron chi connectivity index (χ4n) is 3.86. The number of allylic oxidation sites excluding steroid dienone is 1. The molecule has 7 nitrogen and oxygen atoms in total. The molecule has 0 saturated carbocycles. The molecule has 170 valence electrons. The molecule has 1 aliphatic rings. The third-order valence-electron chi connectivity index (χ3n) is 5.40. The minimum Gasteiger partial charge on any atom is -0.496 e. The summed E-state index contributed by atoms with van der Waals surface area (Å²) in [5.74, 6) is -0.461. The molecule has 2 N–H and O–H groups in total. The number of esters is 1. The van der Waals surface area contributed by atoms with E-state index in [2.05, 4.69) is 15.3 Å². The summed E-state index contributed by atoms with van der Waals surface area (Å²) in [4.78, 5) is 33.3. The number of thioether (sulfide) groups is 1. The second-order valence-electron chi connectivity index (χ2n) is 7.34. The number of ether oxygens (including phenoxy) is 2. The van der Waals surface area contributed by atoms with Crippen LogP contribution in [0.2, 0.25) is 0 Å². The molecule has 4 rings (SSSR count). The lowest BCUT2D eigenvalue weighted by molar-refractivity contribution is -0.136. The number of para-hydroxylation sites is 1. The third-order valence-corrected chi connectivity index (χ3v) is 6.32. The van der Waals surface area contributed by atoms with E-state index in [-0.39, 0.29) is 11.4 Å². The van der Waals surface area contributed by atoms with Gasteiger partial charge >= 0.3 is 5.97 Å². The molecule has 1 atom stereocenters. The topological polar surface area (TPSA) is 93.3 Å². The molecule has 0 spiro atoms. The van der Waals surface area contributed by atoms with Crippen molar-refractivity contribution in [2.24, 2.45) is 0 Å². The van der Waals surface area contributed by atoms with Gasteiger partial charge < -0.3 is 19.8 Å². The van der Waals surface area contributed by atoms with Gasteiger partial charge in [-0.05, 0) is 24.6 Å². The number of nitrogens with zero attached hydrogens (tertiary/aromatic N) is 1. The number of carbonyl (C=O) groups excluding carboxylic acids is 1. The van der Waals surface area contributed by atoms with E-state index in [9.17, 15) is 14.0 Å². The second kappa shape index (κ2) is 9.50. The van der Waals surface area contributed by atoms with E-state index in [4.69, 9.17) is 9.47 Å². The number of fused-ring (bicyclic) bond motifs is 1. The van der Waals surface area contributed by atoms with Gasteiger partial charge in [0.25, 0.3) is 5.56 Å². The van der Waals surface area contributed by atoms with Crippen molar-refractivity contribution in [3.8, 4) is 5.75 Å². The maximum atomic E-state index is 14.0. The predicted molar refractivity (Wildman–Crippen MR) is 124 cm³/mol. The average Bonchev–Trinajstić information content (AvgIpc) is 2.82. The summed E-state index contributed by atoms with van der Waals surface area (Å²) < 4.78 is 24.5. The van der Waals surface area contributed by atoms with E-state index >= 15 is 0 Å². The van der Waals surface area contributed by atoms with Crippen LogP contribution in [0.4, 0.5) is 10.2 Å². The molecular weight excluding hydrogens is 445 g/mol. The van der Waals surface area contributed by atoms with Gasteiger partial charge in [0.1, 0.15) is 17.4 Å². The maximum absolute atomic E-state index is 14.0. The molecule has 0 saturated heterocycles. The van der Waals surface area contributed by atoms with Crippen molar-refractivity contribution in [1.82, 2.24) is 9.97 Å². The molecule has 9 heteroatoms. The van der Waals surface area contributed by atoms with Crippen LogP contribution >= 0.6 is 11.8 Å². The Kier molecular flexibility index (Phi) is 6.50. The molecule has 3 aromatic rings. The molecule has 0 fully saturated rings. The Morgan fingerprint density at radius 3 is 2.61 bits per heavy atom. The first-order chi connectivity index (χ1) is 15.9. The zero-order chi connectivity index (χ0) is 23.5. The van der Waals surface area contributed by atoms with Gasteiger partial charge in [-0.3, -0.25) is 4.79 Å². The summed E-state index contributed by atoms with van der Waals surface area (Å²) in [5, 5.41) is 3.41. The van der Waals surface area contributed by atoms with Gasteiger partial charge in [-0.1, -0.05) is 48.2 Å². The number of carbonyl (C=O) groups is 1. The fourth-order valence-corrected chi connectivity index (χ4v) is 4.70. The van der Waals surface area contributed by atoms with Crippen molar-refractivity contribution in [3.05, 3.63) is 92.7 Å².